The van der Waals surface area contributed by atoms with Crippen molar-refractivity contribution in [2.75, 3.05) is 41.3 Å². The molecule has 1 amide bonds. The fourth-order valence-electron chi connectivity index (χ4n) is 2.77. The van der Waals surface area contributed by atoms with Crippen LogP contribution < -0.4 is 5.32 Å². The molecule has 0 unspecified atom stereocenters. The van der Waals surface area contributed by atoms with Crippen molar-refractivity contribution < 1.29 is 4.79 Å². The van der Waals surface area contributed by atoms with Gasteiger partial charge in [-0.15, -0.1) is 0 Å². The first kappa shape index (κ1) is 18.7. The summed E-state index contributed by atoms with van der Waals surface area (Å²) in [4.78, 5) is 16.7. The Bertz CT molecular complexity index is 478. The highest BCUT2D eigenvalue weighted by molar-refractivity contribution is 5.83. The molecule has 124 valence electrons. The van der Waals surface area contributed by atoms with Crippen LogP contribution in [0.15, 0.2) is 24.3 Å². The number of nitrogens with zero attached hydrogens (tertiary/aromatic N) is 2. The van der Waals surface area contributed by atoms with Crippen LogP contribution in [0, 0.1) is 12.3 Å². The molecule has 4 heteroatoms. The van der Waals surface area contributed by atoms with E-state index in [0.717, 1.165) is 12.1 Å². The van der Waals surface area contributed by atoms with Crippen molar-refractivity contribution in [2.45, 2.75) is 26.8 Å². The number of nitrogens with one attached hydrogen (secondary N) is 1. The van der Waals surface area contributed by atoms with Gasteiger partial charge in [0.05, 0.1) is 0 Å². The van der Waals surface area contributed by atoms with E-state index in [0.29, 0.717) is 6.54 Å². The van der Waals surface area contributed by atoms with Crippen molar-refractivity contribution in [1.82, 2.24) is 15.1 Å². The molecule has 1 aromatic rings. The van der Waals surface area contributed by atoms with Gasteiger partial charge >= 0.3 is 0 Å². The minimum Gasteiger partial charge on any atom is -0.354 e. The van der Waals surface area contributed by atoms with Gasteiger partial charge in [0.25, 0.3) is 0 Å². The van der Waals surface area contributed by atoms with Crippen molar-refractivity contribution >= 4 is 5.91 Å². The summed E-state index contributed by atoms with van der Waals surface area (Å²) in [5, 5.41) is 3.12. The number of carbonyl (C=O) groups is 1. The quantitative estimate of drug-likeness (QED) is 0.839. The van der Waals surface area contributed by atoms with Gasteiger partial charge in [0.1, 0.15) is 6.04 Å². The molecule has 0 heterocycles. The van der Waals surface area contributed by atoms with Gasteiger partial charge in [0.15, 0.2) is 0 Å². The first-order valence-electron chi connectivity index (χ1n) is 7.78. The number of hydrogen-bond donors (Lipinski definition) is 1. The Balaban J connectivity index is 2.76. The lowest BCUT2D eigenvalue weighted by molar-refractivity contribution is -0.126. The topological polar surface area (TPSA) is 35.6 Å². The Morgan fingerprint density at radius 2 is 1.68 bits per heavy atom. The van der Waals surface area contributed by atoms with Crippen LogP contribution in [0.3, 0.4) is 0 Å². The Labute approximate surface area is 135 Å². The highest BCUT2D eigenvalue weighted by atomic mass is 16.2. The normalized spacial score (nSPS) is 13.5. The first-order chi connectivity index (χ1) is 10.1. The first-order valence-corrected chi connectivity index (χ1v) is 7.78. The average molecular weight is 305 g/mol. The smallest absolute Gasteiger partial charge is 0.241 e. The Kier molecular flexibility index (Phi) is 6.57. The van der Waals surface area contributed by atoms with E-state index in [1.54, 1.807) is 0 Å². The molecule has 0 aliphatic heterocycles. The van der Waals surface area contributed by atoms with Gasteiger partial charge in [0, 0.05) is 13.1 Å². The molecular weight excluding hydrogens is 274 g/mol. The molecule has 1 N–H and O–H groups in total. The zero-order valence-corrected chi connectivity index (χ0v) is 15.1. The molecule has 0 aliphatic rings. The van der Waals surface area contributed by atoms with E-state index in [4.69, 9.17) is 0 Å². The largest absolute Gasteiger partial charge is 0.354 e. The average Bonchev–Trinajstić information content (AvgIpc) is 2.37. The fraction of sp³-hybridized carbons (Fsp3) is 0.611. The molecule has 0 saturated carbocycles. The van der Waals surface area contributed by atoms with Crippen LogP contribution in [-0.4, -0.2) is 57.0 Å². The summed E-state index contributed by atoms with van der Waals surface area (Å²) in [6.07, 6.45) is 0. The van der Waals surface area contributed by atoms with Crippen LogP contribution in [0.2, 0.25) is 0 Å². The van der Waals surface area contributed by atoms with Crippen LogP contribution in [0.5, 0.6) is 0 Å². The third-order valence-electron chi connectivity index (χ3n) is 3.64. The summed E-state index contributed by atoms with van der Waals surface area (Å²) < 4.78 is 0. The third kappa shape index (κ3) is 5.78. The van der Waals surface area contributed by atoms with Crippen molar-refractivity contribution in [3.05, 3.63) is 35.4 Å². The molecule has 1 atom stereocenters. The maximum Gasteiger partial charge on any atom is 0.241 e. The lowest BCUT2D eigenvalue weighted by atomic mass is 9.92. The number of rotatable bonds is 7. The van der Waals surface area contributed by atoms with Gasteiger partial charge < -0.3 is 10.2 Å². The van der Waals surface area contributed by atoms with Gasteiger partial charge in [-0.2, -0.15) is 0 Å². The number of hydrogen-bond acceptors (Lipinski definition) is 3. The lowest BCUT2D eigenvalue weighted by Crippen LogP contribution is -2.44. The molecule has 0 aliphatic carbocycles. The summed E-state index contributed by atoms with van der Waals surface area (Å²) in [5.74, 6) is 0.0562. The Hall–Kier alpha value is -1.39. The zero-order chi connectivity index (χ0) is 16.9. The number of aryl methyl sites for hydroxylation is 1. The molecule has 1 aromatic carbocycles. The van der Waals surface area contributed by atoms with Gasteiger partial charge in [-0.25, -0.2) is 0 Å². The van der Waals surface area contributed by atoms with Crippen LogP contribution in [0.4, 0.5) is 0 Å². The maximum atomic E-state index is 12.6. The van der Waals surface area contributed by atoms with E-state index >= 15 is 0 Å². The monoisotopic (exact) mass is 305 g/mol. The lowest BCUT2D eigenvalue weighted by Gasteiger charge is -2.30. The molecule has 0 bridgehead atoms. The Morgan fingerprint density at radius 1 is 1.14 bits per heavy atom. The highest BCUT2D eigenvalue weighted by Crippen LogP contribution is 2.20. The second-order valence-electron chi connectivity index (χ2n) is 7.40. The fourth-order valence-corrected chi connectivity index (χ4v) is 2.77. The van der Waals surface area contributed by atoms with Gasteiger partial charge in [0.2, 0.25) is 5.91 Å². The van der Waals surface area contributed by atoms with Gasteiger partial charge in [-0.3, -0.25) is 9.69 Å². The van der Waals surface area contributed by atoms with E-state index in [2.05, 4.69) is 57.2 Å². The van der Waals surface area contributed by atoms with Gasteiger partial charge in [-0.05, 0) is 46.1 Å². The number of likely N-dealkylation sites (N-methyl/N-ethyl adjacent to an activating group) is 1. The number of benzene rings is 1. The second-order valence-corrected chi connectivity index (χ2v) is 7.40. The van der Waals surface area contributed by atoms with Crippen molar-refractivity contribution in [3.8, 4) is 0 Å². The van der Waals surface area contributed by atoms with Crippen LogP contribution in [-0.2, 0) is 4.79 Å². The highest BCUT2D eigenvalue weighted by Gasteiger charge is 2.25. The van der Waals surface area contributed by atoms with E-state index in [-0.39, 0.29) is 17.4 Å². The second kappa shape index (κ2) is 7.75. The van der Waals surface area contributed by atoms with E-state index < -0.39 is 0 Å². The standard InChI is InChI=1S/C18H31N3O/c1-14-8-10-15(11-9-14)16(21(6)7)17(22)19-12-18(2,3)13-20(4)5/h8-11,16H,12-13H2,1-7H3,(H,19,22)/t16-/m1/s1. The summed E-state index contributed by atoms with van der Waals surface area (Å²) in [5.41, 5.74) is 2.27. The van der Waals surface area contributed by atoms with Crippen molar-refractivity contribution in [3.63, 3.8) is 0 Å². The maximum absolute atomic E-state index is 12.6. The molecule has 1 rings (SSSR count). The third-order valence-corrected chi connectivity index (χ3v) is 3.64. The summed E-state index contributed by atoms with van der Waals surface area (Å²) in [7, 11) is 7.99. The van der Waals surface area contributed by atoms with E-state index in [1.807, 2.05) is 31.1 Å². The van der Waals surface area contributed by atoms with Crippen LogP contribution in [0.1, 0.15) is 31.0 Å². The van der Waals surface area contributed by atoms with Crippen LogP contribution >= 0.6 is 0 Å². The molecule has 0 fully saturated rings. The minimum atomic E-state index is -0.254. The molecule has 0 radical (unpaired) electrons. The number of amides is 1. The molecular formula is C18H31N3O. The predicted octanol–water partition coefficient (Wildman–Crippen LogP) is 2.30. The predicted molar refractivity (Wildman–Crippen MR) is 93.0 cm³/mol. The summed E-state index contributed by atoms with van der Waals surface area (Å²) >= 11 is 0. The zero-order valence-electron chi connectivity index (χ0n) is 15.1. The summed E-state index contributed by atoms with van der Waals surface area (Å²) in [6.45, 7) is 8.00. The molecule has 4 nitrogen and oxygen atoms in total. The van der Waals surface area contributed by atoms with Crippen LogP contribution in [0.25, 0.3) is 0 Å². The summed E-state index contributed by atoms with van der Waals surface area (Å²) in [6, 6.07) is 7.91. The molecule has 0 aromatic heterocycles. The molecule has 0 spiro atoms. The Morgan fingerprint density at radius 3 is 2.14 bits per heavy atom. The van der Waals surface area contributed by atoms with E-state index in [1.165, 1.54) is 5.56 Å². The minimum absolute atomic E-state index is 0.0449. The van der Waals surface area contributed by atoms with Crippen molar-refractivity contribution in [1.29, 1.82) is 0 Å². The number of carbonyl (C=O) groups excluding carboxylic acids is 1. The SMILES string of the molecule is Cc1ccc([C@H](C(=O)NCC(C)(C)CN(C)C)N(C)C)cc1. The van der Waals surface area contributed by atoms with E-state index in [9.17, 15) is 4.79 Å². The molecule has 0 saturated heterocycles. The molecule has 22 heavy (non-hydrogen) atoms. The van der Waals surface area contributed by atoms with Gasteiger partial charge in [-0.1, -0.05) is 43.7 Å². The van der Waals surface area contributed by atoms with Crippen molar-refractivity contribution in [2.24, 2.45) is 5.41 Å².